The van der Waals surface area contributed by atoms with Gasteiger partial charge in [0.05, 0.1) is 18.2 Å². The largest absolute Gasteiger partial charge is 0.496 e. The quantitative estimate of drug-likeness (QED) is 0.573. The fraction of sp³-hybridized carbons (Fsp3) is 0.360. The Balaban J connectivity index is 1.65. The lowest BCUT2D eigenvalue weighted by molar-refractivity contribution is 0.0293. The highest BCUT2D eigenvalue weighted by Crippen LogP contribution is 2.32. The van der Waals surface area contributed by atoms with Gasteiger partial charge in [0.25, 0.3) is 0 Å². The van der Waals surface area contributed by atoms with Gasteiger partial charge in [0.2, 0.25) is 0 Å². The van der Waals surface area contributed by atoms with Crippen molar-refractivity contribution in [2.24, 2.45) is 0 Å². The van der Waals surface area contributed by atoms with Gasteiger partial charge >= 0.3 is 6.09 Å². The van der Waals surface area contributed by atoms with Gasteiger partial charge in [0.15, 0.2) is 5.82 Å². The molecule has 3 aromatic rings. The summed E-state index contributed by atoms with van der Waals surface area (Å²) in [7, 11) is 1.57. The van der Waals surface area contributed by atoms with E-state index in [9.17, 15) is 9.59 Å². The smallest absolute Gasteiger partial charge is 0.410 e. The molecule has 1 amide bonds. The van der Waals surface area contributed by atoms with E-state index in [-0.39, 0.29) is 12.1 Å². The molecule has 1 saturated heterocycles. The number of aldehydes is 1. The van der Waals surface area contributed by atoms with Crippen molar-refractivity contribution in [2.75, 3.05) is 25.5 Å². The van der Waals surface area contributed by atoms with E-state index in [0.717, 1.165) is 23.6 Å². The molecule has 1 fully saturated rings. The van der Waals surface area contributed by atoms with Crippen LogP contribution in [0.3, 0.4) is 0 Å². The van der Waals surface area contributed by atoms with Crippen LogP contribution in [0.1, 0.15) is 37.6 Å². The van der Waals surface area contributed by atoms with Crippen LogP contribution in [-0.2, 0) is 4.74 Å². The number of benzene rings is 2. The van der Waals surface area contributed by atoms with Gasteiger partial charge in [-0.3, -0.25) is 4.79 Å². The summed E-state index contributed by atoms with van der Waals surface area (Å²) in [6, 6.07) is 12.9. The number of methoxy groups -OCH3 is 1. The molecule has 8 nitrogen and oxygen atoms in total. The fourth-order valence-corrected chi connectivity index (χ4v) is 3.84. The second-order valence-electron chi connectivity index (χ2n) is 9.05. The predicted molar refractivity (Wildman–Crippen MR) is 127 cm³/mol. The average Bonchev–Trinajstić information content (AvgIpc) is 3.26. The van der Waals surface area contributed by atoms with Gasteiger partial charge in [-0.25, -0.2) is 14.8 Å². The lowest BCUT2D eigenvalue weighted by Gasteiger charge is -2.24. The van der Waals surface area contributed by atoms with Crippen LogP contribution in [0.4, 0.5) is 10.6 Å². The van der Waals surface area contributed by atoms with Crippen molar-refractivity contribution in [3.8, 4) is 17.1 Å². The van der Waals surface area contributed by atoms with Crippen LogP contribution >= 0.6 is 0 Å². The molecule has 172 valence electrons. The summed E-state index contributed by atoms with van der Waals surface area (Å²) in [6.07, 6.45) is 1.25. The van der Waals surface area contributed by atoms with E-state index in [2.05, 4.69) is 5.32 Å². The average molecular weight is 449 g/mol. The number of hydrogen-bond acceptors (Lipinski definition) is 7. The maximum absolute atomic E-state index is 12.4. The van der Waals surface area contributed by atoms with Gasteiger partial charge < -0.3 is 19.7 Å². The minimum atomic E-state index is -0.532. The number of rotatable bonds is 5. The zero-order valence-corrected chi connectivity index (χ0v) is 19.3. The number of aromatic nitrogens is 2. The van der Waals surface area contributed by atoms with E-state index in [0.29, 0.717) is 41.6 Å². The Morgan fingerprint density at radius 1 is 1.18 bits per heavy atom. The summed E-state index contributed by atoms with van der Waals surface area (Å²) < 4.78 is 11.0. The van der Waals surface area contributed by atoms with E-state index >= 15 is 0 Å². The monoisotopic (exact) mass is 448 g/mol. The summed E-state index contributed by atoms with van der Waals surface area (Å²) in [4.78, 5) is 35.0. The third-order valence-electron chi connectivity index (χ3n) is 5.38. The predicted octanol–water partition coefficient (Wildman–Crippen LogP) is 4.54. The van der Waals surface area contributed by atoms with Crippen molar-refractivity contribution in [1.82, 2.24) is 14.9 Å². The van der Waals surface area contributed by atoms with E-state index in [1.165, 1.54) is 0 Å². The molecule has 1 aliphatic heterocycles. The first kappa shape index (κ1) is 22.5. The molecule has 2 heterocycles. The molecule has 1 aromatic heterocycles. The molecule has 1 aliphatic rings. The minimum absolute atomic E-state index is 0.0203. The zero-order chi connectivity index (χ0) is 23.6. The molecule has 0 bridgehead atoms. The highest BCUT2D eigenvalue weighted by Gasteiger charge is 2.30. The van der Waals surface area contributed by atoms with Crippen molar-refractivity contribution in [2.45, 2.75) is 38.8 Å². The first-order chi connectivity index (χ1) is 15.8. The summed E-state index contributed by atoms with van der Waals surface area (Å²) in [5, 5.41) is 4.37. The first-order valence-electron chi connectivity index (χ1n) is 10.9. The maximum atomic E-state index is 12.4. The first-order valence-corrected chi connectivity index (χ1v) is 10.9. The van der Waals surface area contributed by atoms with Crippen molar-refractivity contribution < 1.29 is 19.1 Å². The third kappa shape index (κ3) is 5.05. The standard InChI is InChI=1S/C25H28N4O4/c1-25(2,3)33-24(31)29-12-11-17(14-29)26-22-18-7-5-6-8-20(18)27-23(28-22)19-13-16(15-30)9-10-21(19)32-4/h5-10,13,15,17H,11-12,14H2,1-4H3,(H,26,27,28)/t17-/m0/s1. The molecular formula is C25H28N4O4. The van der Waals surface area contributed by atoms with E-state index in [1.54, 1.807) is 30.2 Å². The molecule has 0 aliphatic carbocycles. The Labute approximate surface area is 192 Å². The Hall–Kier alpha value is -3.68. The molecule has 33 heavy (non-hydrogen) atoms. The minimum Gasteiger partial charge on any atom is -0.496 e. The van der Waals surface area contributed by atoms with Crippen LogP contribution < -0.4 is 10.1 Å². The molecule has 4 rings (SSSR count). The molecule has 2 aromatic carbocycles. The Kier molecular flexibility index (Phi) is 6.18. The second kappa shape index (κ2) is 9.05. The lowest BCUT2D eigenvalue weighted by atomic mass is 10.1. The van der Waals surface area contributed by atoms with Crippen LogP contribution in [0.25, 0.3) is 22.3 Å². The molecule has 8 heteroatoms. The number of nitrogens with one attached hydrogen (secondary N) is 1. The Morgan fingerprint density at radius 3 is 2.70 bits per heavy atom. The summed E-state index contributed by atoms with van der Waals surface area (Å²) >= 11 is 0. The molecular weight excluding hydrogens is 420 g/mol. The number of hydrogen-bond donors (Lipinski definition) is 1. The van der Waals surface area contributed by atoms with Crippen molar-refractivity contribution in [3.63, 3.8) is 0 Å². The summed E-state index contributed by atoms with van der Waals surface area (Å²) in [5.74, 6) is 1.71. The normalized spacial score (nSPS) is 16.0. The van der Waals surface area contributed by atoms with Crippen molar-refractivity contribution >= 4 is 29.1 Å². The van der Waals surface area contributed by atoms with Crippen LogP contribution in [0.5, 0.6) is 5.75 Å². The van der Waals surface area contributed by atoms with E-state index < -0.39 is 5.60 Å². The number of anilines is 1. The number of fused-ring (bicyclic) bond motifs is 1. The van der Waals surface area contributed by atoms with Crippen LogP contribution in [0.15, 0.2) is 42.5 Å². The number of likely N-dealkylation sites (tertiary alicyclic amines) is 1. The molecule has 1 N–H and O–H groups in total. The number of ether oxygens (including phenoxy) is 2. The van der Waals surface area contributed by atoms with Crippen LogP contribution in [0.2, 0.25) is 0 Å². The summed E-state index contributed by atoms with van der Waals surface area (Å²) in [6.45, 7) is 6.71. The van der Waals surface area contributed by atoms with Gasteiger partial charge in [-0.2, -0.15) is 0 Å². The third-order valence-corrected chi connectivity index (χ3v) is 5.38. The maximum Gasteiger partial charge on any atom is 0.410 e. The Morgan fingerprint density at radius 2 is 1.97 bits per heavy atom. The summed E-state index contributed by atoms with van der Waals surface area (Å²) in [5.41, 5.74) is 1.39. The van der Waals surface area contributed by atoms with Crippen molar-refractivity contribution in [1.29, 1.82) is 0 Å². The molecule has 0 radical (unpaired) electrons. The number of amides is 1. The van der Waals surface area contributed by atoms with Crippen molar-refractivity contribution in [3.05, 3.63) is 48.0 Å². The van der Waals surface area contributed by atoms with Crippen LogP contribution in [0, 0.1) is 0 Å². The van der Waals surface area contributed by atoms with Gasteiger partial charge in [0, 0.05) is 30.1 Å². The second-order valence-corrected chi connectivity index (χ2v) is 9.05. The van der Waals surface area contributed by atoms with Crippen LogP contribution in [-0.4, -0.2) is 59.1 Å². The molecule has 0 saturated carbocycles. The van der Waals surface area contributed by atoms with Gasteiger partial charge in [-0.15, -0.1) is 0 Å². The Bertz CT molecular complexity index is 1190. The molecule has 0 unspecified atom stereocenters. The van der Waals surface area contributed by atoms with Gasteiger partial charge in [0.1, 0.15) is 23.5 Å². The SMILES string of the molecule is COc1ccc(C=O)cc1-c1nc(N[C@H]2CCN(C(=O)OC(C)(C)C)C2)c2ccccc2n1. The molecule has 1 atom stereocenters. The van der Waals surface area contributed by atoms with E-state index in [1.807, 2.05) is 45.0 Å². The fourth-order valence-electron chi connectivity index (χ4n) is 3.84. The number of nitrogens with zero attached hydrogens (tertiary/aromatic N) is 3. The lowest BCUT2D eigenvalue weighted by Crippen LogP contribution is -2.36. The highest BCUT2D eigenvalue weighted by atomic mass is 16.6. The van der Waals surface area contributed by atoms with Gasteiger partial charge in [-0.05, 0) is 57.5 Å². The van der Waals surface area contributed by atoms with E-state index in [4.69, 9.17) is 19.4 Å². The highest BCUT2D eigenvalue weighted by molar-refractivity contribution is 5.91. The topological polar surface area (TPSA) is 93.7 Å². The molecule has 0 spiro atoms. The van der Waals surface area contributed by atoms with Gasteiger partial charge in [-0.1, -0.05) is 12.1 Å². The zero-order valence-electron chi connectivity index (χ0n) is 19.3. The number of carbonyl (C=O) groups is 2. The number of para-hydroxylation sites is 1. The number of carbonyl (C=O) groups excluding carboxylic acids is 2.